The normalized spacial score (nSPS) is 14.8. The van der Waals surface area contributed by atoms with Crippen molar-refractivity contribution < 1.29 is 38.7 Å². The molecule has 0 bridgehead atoms. The summed E-state index contributed by atoms with van der Waals surface area (Å²) < 4.78 is 20.9. The average molecular weight is 417 g/mol. The Labute approximate surface area is 173 Å². The van der Waals surface area contributed by atoms with Crippen LogP contribution >= 0.6 is 0 Å². The van der Waals surface area contributed by atoms with Crippen LogP contribution in [0.3, 0.4) is 0 Å². The standard InChI is InChI=1S/C21H36O8/c1-4-8-19(27-14-18(23)16-29-21(25)10-6-3)11-7-12-26-13-17(22)15-28-20(24)9-5-2/h5-6,9-10,17-19,22-23H,4,7-8,11-16H2,1-3H3. The Hall–Kier alpha value is -1.74. The third-order valence-corrected chi connectivity index (χ3v) is 3.70. The lowest BCUT2D eigenvalue weighted by molar-refractivity contribution is -0.143. The molecule has 29 heavy (non-hydrogen) atoms. The van der Waals surface area contributed by atoms with E-state index in [1.807, 2.05) is 6.92 Å². The molecule has 3 unspecified atom stereocenters. The van der Waals surface area contributed by atoms with E-state index in [-0.39, 0.29) is 32.5 Å². The maximum absolute atomic E-state index is 11.2. The van der Waals surface area contributed by atoms with Gasteiger partial charge in [-0.1, -0.05) is 25.5 Å². The second-order valence-corrected chi connectivity index (χ2v) is 6.53. The van der Waals surface area contributed by atoms with Crippen molar-refractivity contribution >= 4 is 11.9 Å². The highest BCUT2D eigenvalue weighted by atomic mass is 16.6. The van der Waals surface area contributed by atoms with Gasteiger partial charge in [-0.3, -0.25) is 0 Å². The zero-order valence-corrected chi connectivity index (χ0v) is 17.7. The minimum absolute atomic E-state index is 0.0313. The van der Waals surface area contributed by atoms with Gasteiger partial charge in [0.2, 0.25) is 0 Å². The van der Waals surface area contributed by atoms with E-state index in [4.69, 9.17) is 18.9 Å². The molecule has 0 saturated heterocycles. The number of allylic oxidation sites excluding steroid dienone is 2. The molecule has 0 aromatic carbocycles. The van der Waals surface area contributed by atoms with Gasteiger partial charge in [0.05, 0.1) is 19.3 Å². The number of rotatable bonds is 17. The van der Waals surface area contributed by atoms with Crippen LogP contribution in [-0.4, -0.2) is 73.5 Å². The van der Waals surface area contributed by atoms with Gasteiger partial charge in [0.15, 0.2) is 0 Å². The van der Waals surface area contributed by atoms with Gasteiger partial charge in [-0.25, -0.2) is 9.59 Å². The molecule has 3 atom stereocenters. The molecule has 0 radical (unpaired) electrons. The summed E-state index contributed by atoms with van der Waals surface area (Å²) in [6.07, 6.45) is 7.18. The fourth-order valence-corrected chi connectivity index (χ4v) is 2.33. The Morgan fingerprint density at radius 3 is 1.93 bits per heavy atom. The van der Waals surface area contributed by atoms with Crippen molar-refractivity contribution in [2.24, 2.45) is 0 Å². The van der Waals surface area contributed by atoms with Crippen LogP contribution in [0.15, 0.2) is 24.3 Å². The van der Waals surface area contributed by atoms with Gasteiger partial charge in [-0.05, 0) is 33.1 Å². The third-order valence-electron chi connectivity index (χ3n) is 3.70. The van der Waals surface area contributed by atoms with Crippen LogP contribution in [0.2, 0.25) is 0 Å². The second-order valence-electron chi connectivity index (χ2n) is 6.53. The van der Waals surface area contributed by atoms with Crippen molar-refractivity contribution in [2.75, 3.05) is 33.0 Å². The van der Waals surface area contributed by atoms with Gasteiger partial charge in [0.25, 0.3) is 0 Å². The van der Waals surface area contributed by atoms with Crippen molar-refractivity contribution in [1.29, 1.82) is 0 Å². The van der Waals surface area contributed by atoms with Crippen LogP contribution < -0.4 is 0 Å². The van der Waals surface area contributed by atoms with E-state index in [1.54, 1.807) is 26.0 Å². The number of aliphatic hydroxyl groups excluding tert-OH is 2. The lowest BCUT2D eigenvalue weighted by Crippen LogP contribution is -2.27. The molecule has 0 aromatic heterocycles. The molecule has 0 spiro atoms. The Bertz CT molecular complexity index is 489. The molecule has 0 aromatic rings. The van der Waals surface area contributed by atoms with Gasteiger partial charge in [-0.15, -0.1) is 0 Å². The van der Waals surface area contributed by atoms with Crippen molar-refractivity contribution in [3.63, 3.8) is 0 Å². The van der Waals surface area contributed by atoms with Gasteiger partial charge in [-0.2, -0.15) is 0 Å². The number of aliphatic hydroxyl groups is 2. The molecule has 8 heteroatoms. The molecular weight excluding hydrogens is 380 g/mol. The largest absolute Gasteiger partial charge is 0.460 e. The third kappa shape index (κ3) is 16.9. The van der Waals surface area contributed by atoms with Crippen LogP contribution in [-0.2, 0) is 28.5 Å². The number of hydrogen-bond donors (Lipinski definition) is 2. The molecule has 0 fully saturated rings. The summed E-state index contributed by atoms with van der Waals surface area (Å²) >= 11 is 0. The van der Waals surface area contributed by atoms with Gasteiger partial charge in [0.1, 0.15) is 25.4 Å². The highest BCUT2D eigenvalue weighted by molar-refractivity contribution is 5.82. The van der Waals surface area contributed by atoms with E-state index in [0.717, 1.165) is 25.7 Å². The number of carbonyl (C=O) groups excluding carboxylic acids is 2. The summed E-state index contributed by atoms with van der Waals surface area (Å²) in [5.41, 5.74) is 0. The van der Waals surface area contributed by atoms with Gasteiger partial charge >= 0.3 is 11.9 Å². The molecule has 2 N–H and O–H groups in total. The number of carbonyl (C=O) groups is 2. The first-order valence-corrected chi connectivity index (χ1v) is 10.1. The van der Waals surface area contributed by atoms with E-state index in [1.165, 1.54) is 12.2 Å². The van der Waals surface area contributed by atoms with Crippen LogP contribution in [0.5, 0.6) is 0 Å². The monoisotopic (exact) mass is 416 g/mol. The Morgan fingerprint density at radius 1 is 0.862 bits per heavy atom. The first-order valence-electron chi connectivity index (χ1n) is 10.1. The smallest absolute Gasteiger partial charge is 0.330 e. The van der Waals surface area contributed by atoms with Crippen molar-refractivity contribution in [1.82, 2.24) is 0 Å². The van der Waals surface area contributed by atoms with Crippen molar-refractivity contribution in [2.45, 2.75) is 64.8 Å². The molecule has 0 rings (SSSR count). The first kappa shape index (κ1) is 27.3. The van der Waals surface area contributed by atoms with Gasteiger partial charge in [0, 0.05) is 18.8 Å². The van der Waals surface area contributed by atoms with E-state index >= 15 is 0 Å². The topological polar surface area (TPSA) is 112 Å². The molecule has 0 aliphatic carbocycles. The number of ether oxygens (including phenoxy) is 4. The van der Waals surface area contributed by atoms with Crippen LogP contribution in [0, 0.1) is 0 Å². The zero-order chi connectivity index (χ0) is 21.9. The molecule has 8 nitrogen and oxygen atoms in total. The highest BCUT2D eigenvalue weighted by Crippen LogP contribution is 2.10. The molecule has 168 valence electrons. The van der Waals surface area contributed by atoms with Crippen molar-refractivity contribution in [3.8, 4) is 0 Å². The maximum atomic E-state index is 11.2. The van der Waals surface area contributed by atoms with E-state index in [9.17, 15) is 19.8 Å². The summed E-state index contributed by atoms with van der Waals surface area (Å²) in [7, 11) is 0. The Morgan fingerprint density at radius 2 is 1.41 bits per heavy atom. The summed E-state index contributed by atoms with van der Waals surface area (Å²) in [5.74, 6) is -0.988. The predicted octanol–water partition coefficient (Wildman–Crippen LogP) is 1.93. The summed E-state index contributed by atoms with van der Waals surface area (Å²) in [4.78, 5) is 22.4. The highest BCUT2D eigenvalue weighted by Gasteiger charge is 2.13. The average Bonchev–Trinajstić information content (AvgIpc) is 2.69. The van der Waals surface area contributed by atoms with Crippen LogP contribution in [0.4, 0.5) is 0 Å². The molecule has 0 amide bonds. The van der Waals surface area contributed by atoms with E-state index < -0.39 is 24.1 Å². The van der Waals surface area contributed by atoms with Crippen LogP contribution in [0.1, 0.15) is 46.5 Å². The van der Waals surface area contributed by atoms with Crippen LogP contribution in [0.25, 0.3) is 0 Å². The molecule has 0 saturated carbocycles. The second kappa shape index (κ2) is 18.3. The Kier molecular flexibility index (Phi) is 17.2. The first-order chi connectivity index (χ1) is 13.9. The van der Waals surface area contributed by atoms with Gasteiger partial charge < -0.3 is 29.2 Å². The van der Waals surface area contributed by atoms with Crippen molar-refractivity contribution in [3.05, 3.63) is 24.3 Å². The predicted molar refractivity (Wildman–Crippen MR) is 108 cm³/mol. The molecule has 0 heterocycles. The summed E-state index contributed by atoms with van der Waals surface area (Å²) in [6.45, 7) is 5.85. The Balaban J connectivity index is 3.92. The summed E-state index contributed by atoms with van der Waals surface area (Å²) in [6, 6.07) is 0. The molecule has 0 aliphatic heterocycles. The minimum Gasteiger partial charge on any atom is -0.460 e. The lowest BCUT2D eigenvalue weighted by Gasteiger charge is -2.20. The fraction of sp³-hybridized carbons (Fsp3) is 0.714. The SMILES string of the molecule is CC=CC(=O)OCC(O)COCCCC(CCC)OCC(O)COC(=O)C=CC. The molecular formula is C21H36O8. The van der Waals surface area contributed by atoms with E-state index in [0.29, 0.717) is 6.61 Å². The number of esters is 2. The number of hydrogen-bond acceptors (Lipinski definition) is 8. The lowest BCUT2D eigenvalue weighted by atomic mass is 10.1. The summed E-state index contributed by atoms with van der Waals surface area (Å²) in [5, 5.41) is 19.6. The fourth-order valence-electron chi connectivity index (χ4n) is 2.33. The maximum Gasteiger partial charge on any atom is 0.330 e. The zero-order valence-electron chi connectivity index (χ0n) is 17.7. The molecule has 0 aliphatic rings. The minimum atomic E-state index is -0.875. The quantitative estimate of drug-likeness (QED) is 0.210. The van der Waals surface area contributed by atoms with E-state index in [2.05, 4.69) is 0 Å².